The summed E-state index contributed by atoms with van der Waals surface area (Å²) in [6.45, 7) is 4.46. The van der Waals surface area contributed by atoms with Crippen molar-refractivity contribution in [2.75, 3.05) is 27.2 Å². The zero-order valence-corrected chi connectivity index (χ0v) is 13.5. The molecule has 1 fully saturated rings. The molecule has 2 unspecified atom stereocenters. The molecular weight excluding hydrogens is 304 g/mol. The summed E-state index contributed by atoms with van der Waals surface area (Å²) >= 11 is 3.48. The first kappa shape index (κ1) is 14.8. The molecule has 0 aliphatic carbocycles. The number of nitrogens with zero attached hydrogens (tertiary/aromatic N) is 2. The fraction of sp³-hybridized carbons (Fsp3) is 0.600. The number of likely N-dealkylation sites (tertiary alicyclic amines) is 1. The summed E-state index contributed by atoms with van der Waals surface area (Å²) in [6, 6.07) is 6.43. The molecule has 106 valence electrons. The predicted octanol–water partition coefficient (Wildman–Crippen LogP) is 3.24. The lowest BCUT2D eigenvalue weighted by Crippen LogP contribution is -2.45. The van der Waals surface area contributed by atoms with Gasteiger partial charge in [0.05, 0.1) is 0 Å². The van der Waals surface area contributed by atoms with Crippen LogP contribution in [0, 0.1) is 0 Å². The molecule has 1 aromatic rings. The van der Waals surface area contributed by atoms with Crippen LogP contribution in [-0.2, 0) is 0 Å². The second-order valence-electron chi connectivity index (χ2n) is 5.60. The van der Waals surface area contributed by atoms with E-state index < -0.39 is 0 Å². The average Bonchev–Trinajstić information content (AvgIpc) is 2.40. The van der Waals surface area contributed by atoms with E-state index >= 15 is 0 Å². The lowest BCUT2D eigenvalue weighted by Gasteiger charge is -2.39. The molecule has 2 atom stereocenters. The molecule has 4 heteroatoms. The first-order valence-electron chi connectivity index (χ1n) is 6.88. The Bertz CT molecular complexity index is 438. The minimum Gasteiger partial charge on any atom is -0.508 e. The van der Waals surface area contributed by atoms with Gasteiger partial charge in [0.2, 0.25) is 0 Å². The number of piperidine rings is 1. The standard InChI is InChI=1S/C15H23BrN2O/c1-11(14-9-12(16)6-7-15(14)19)18(3)13-5-4-8-17(2)10-13/h6-7,9,11,13,19H,4-5,8,10H2,1-3H3. The third-order valence-corrected chi connectivity index (χ3v) is 4.72. The topological polar surface area (TPSA) is 26.7 Å². The van der Waals surface area contributed by atoms with E-state index in [0.29, 0.717) is 11.8 Å². The highest BCUT2D eigenvalue weighted by Gasteiger charge is 2.26. The van der Waals surface area contributed by atoms with Crippen LogP contribution in [0.25, 0.3) is 0 Å². The molecule has 1 aromatic carbocycles. The quantitative estimate of drug-likeness (QED) is 0.923. The fourth-order valence-corrected chi connectivity index (χ4v) is 3.25. The van der Waals surface area contributed by atoms with Gasteiger partial charge in [-0.1, -0.05) is 15.9 Å². The minimum atomic E-state index is 0.217. The molecule has 1 aliphatic rings. The molecule has 0 spiro atoms. The maximum atomic E-state index is 10.0. The molecule has 1 N–H and O–H groups in total. The fourth-order valence-electron chi connectivity index (χ4n) is 2.87. The molecule has 0 amide bonds. The Morgan fingerprint density at radius 2 is 2.21 bits per heavy atom. The van der Waals surface area contributed by atoms with E-state index in [9.17, 15) is 5.11 Å². The number of rotatable bonds is 3. The Morgan fingerprint density at radius 1 is 1.47 bits per heavy atom. The summed E-state index contributed by atoms with van der Waals surface area (Å²) in [7, 11) is 4.34. The molecule has 0 aromatic heterocycles. The summed E-state index contributed by atoms with van der Waals surface area (Å²) in [5.41, 5.74) is 0.991. The van der Waals surface area contributed by atoms with Gasteiger partial charge in [-0.15, -0.1) is 0 Å². The Hall–Kier alpha value is -0.580. The van der Waals surface area contributed by atoms with Crippen LogP contribution in [0.1, 0.15) is 31.4 Å². The number of phenolic OH excluding ortho intramolecular Hbond substituents is 1. The van der Waals surface area contributed by atoms with E-state index in [-0.39, 0.29) is 6.04 Å². The second-order valence-corrected chi connectivity index (χ2v) is 6.52. The van der Waals surface area contributed by atoms with Crippen LogP contribution < -0.4 is 0 Å². The number of likely N-dealkylation sites (N-methyl/N-ethyl adjacent to an activating group) is 2. The molecular formula is C15H23BrN2O. The van der Waals surface area contributed by atoms with Crippen LogP contribution in [0.5, 0.6) is 5.75 Å². The summed E-state index contributed by atoms with van der Waals surface area (Å²) in [5, 5.41) is 10.0. The van der Waals surface area contributed by atoms with Crippen molar-refractivity contribution in [3.8, 4) is 5.75 Å². The first-order valence-corrected chi connectivity index (χ1v) is 7.67. The third-order valence-electron chi connectivity index (χ3n) is 4.23. The highest BCUT2D eigenvalue weighted by molar-refractivity contribution is 9.10. The van der Waals surface area contributed by atoms with Crippen LogP contribution in [0.2, 0.25) is 0 Å². The van der Waals surface area contributed by atoms with E-state index in [1.807, 2.05) is 12.1 Å². The van der Waals surface area contributed by atoms with Crippen molar-refractivity contribution in [2.45, 2.75) is 31.8 Å². The Balaban J connectivity index is 2.13. The highest BCUT2D eigenvalue weighted by atomic mass is 79.9. The van der Waals surface area contributed by atoms with Gasteiger partial charge in [-0.3, -0.25) is 4.90 Å². The van der Waals surface area contributed by atoms with Gasteiger partial charge in [-0.05, 0) is 58.6 Å². The van der Waals surface area contributed by atoms with Gasteiger partial charge in [0.1, 0.15) is 5.75 Å². The van der Waals surface area contributed by atoms with Crippen LogP contribution in [0.4, 0.5) is 0 Å². The predicted molar refractivity (Wildman–Crippen MR) is 82.5 cm³/mol. The maximum absolute atomic E-state index is 10.0. The Kier molecular flexibility index (Phi) is 4.87. The van der Waals surface area contributed by atoms with Gasteiger partial charge in [-0.25, -0.2) is 0 Å². The smallest absolute Gasteiger partial charge is 0.120 e. The molecule has 2 rings (SSSR count). The second kappa shape index (κ2) is 6.25. The Morgan fingerprint density at radius 3 is 2.89 bits per heavy atom. The van der Waals surface area contributed by atoms with Crippen molar-refractivity contribution in [1.29, 1.82) is 0 Å². The van der Waals surface area contributed by atoms with Gasteiger partial charge in [-0.2, -0.15) is 0 Å². The lowest BCUT2D eigenvalue weighted by atomic mass is 10.00. The van der Waals surface area contributed by atoms with Crippen molar-refractivity contribution in [3.63, 3.8) is 0 Å². The summed E-state index contributed by atoms with van der Waals surface area (Å²) in [4.78, 5) is 4.77. The number of aromatic hydroxyl groups is 1. The largest absolute Gasteiger partial charge is 0.508 e. The molecule has 0 radical (unpaired) electrons. The summed E-state index contributed by atoms with van der Waals surface area (Å²) in [5.74, 6) is 0.381. The van der Waals surface area contributed by atoms with Crippen LogP contribution >= 0.6 is 15.9 Å². The van der Waals surface area contributed by atoms with Crippen molar-refractivity contribution in [3.05, 3.63) is 28.2 Å². The first-order chi connectivity index (χ1) is 8.99. The van der Waals surface area contributed by atoms with Gasteiger partial charge in [0.15, 0.2) is 0 Å². The van der Waals surface area contributed by atoms with Gasteiger partial charge in [0, 0.05) is 28.7 Å². The van der Waals surface area contributed by atoms with Crippen LogP contribution in [0.3, 0.4) is 0 Å². The number of hydrogen-bond donors (Lipinski definition) is 1. The van der Waals surface area contributed by atoms with E-state index in [1.54, 1.807) is 6.07 Å². The molecule has 1 heterocycles. The van der Waals surface area contributed by atoms with Crippen LogP contribution in [0.15, 0.2) is 22.7 Å². The molecule has 0 bridgehead atoms. The lowest BCUT2D eigenvalue weighted by molar-refractivity contribution is 0.104. The molecule has 3 nitrogen and oxygen atoms in total. The zero-order chi connectivity index (χ0) is 14.0. The third kappa shape index (κ3) is 3.50. The average molecular weight is 327 g/mol. The monoisotopic (exact) mass is 326 g/mol. The van der Waals surface area contributed by atoms with E-state index in [4.69, 9.17) is 0 Å². The van der Waals surface area contributed by atoms with Crippen LogP contribution in [-0.4, -0.2) is 48.1 Å². The van der Waals surface area contributed by atoms with Crippen molar-refractivity contribution < 1.29 is 5.11 Å². The normalized spacial score (nSPS) is 22.7. The molecule has 1 saturated heterocycles. The number of phenols is 1. The van der Waals surface area contributed by atoms with Gasteiger partial charge < -0.3 is 10.0 Å². The Labute approximate surface area is 124 Å². The SMILES string of the molecule is CC(c1cc(Br)ccc1O)N(C)C1CCCN(C)C1. The van der Waals surface area contributed by atoms with Gasteiger partial charge in [0.25, 0.3) is 0 Å². The van der Waals surface area contributed by atoms with Crippen molar-refractivity contribution in [1.82, 2.24) is 9.80 Å². The number of hydrogen-bond acceptors (Lipinski definition) is 3. The van der Waals surface area contributed by atoms with Crippen molar-refractivity contribution >= 4 is 15.9 Å². The highest BCUT2D eigenvalue weighted by Crippen LogP contribution is 2.32. The summed E-state index contributed by atoms with van der Waals surface area (Å²) in [6.07, 6.45) is 2.49. The number of halogens is 1. The number of benzene rings is 1. The van der Waals surface area contributed by atoms with Gasteiger partial charge >= 0.3 is 0 Å². The summed E-state index contributed by atoms with van der Waals surface area (Å²) < 4.78 is 1.02. The minimum absolute atomic E-state index is 0.217. The molecule has 1 aliphatic heterocycles. The van der Waals surface area contributed by atoms with Crippen molar-refractivity contribution in [2.24, 2.45) is 0 Å². The van der Waals surface area contributed by atoms with E-state index in [2.05, 4.69) is 46.7 Å². The maximum Gasteiger partial charge on any atom is 0.120 e. The molecule has 19 heavy (non-hydrogen) atoms. The molecule has 0 saturated carbocycles. The zero-order valence-electron chi connectivity index (χ0n) is 11.9. The van der Waals surface area contributed by atoms with E-state index in [0.717, 1.165) is 16.6 Å². The van der Waals surface area contributed by atoms with E-state index in [1.165, 1.54) is 19.4 Å².